The van der Waals surface area contributed by atoms with Crippen molar-refractivity contribution in [3.05, 3.63) is 21.9 Å². The number of amides is 1. The van der Waals surface area contributed by atoms with Gasteiger partial charge in [0.1, 0.15) is 0 Å². The van der Waals surface area contributed by atoms with Crippen LogP contribution in [0, 0.1) is 5.92 Å². The van der Waals surface area contributed by atoms with Crippen molar-refractivity contribution in [1.29, 1.82) is 0 Å². The second-order valence-corrected chi connectivity index (χ2v) is 6.15. The molecule has 0 radical (unpaired) electrons. The van der Waals surface area contributed by atoms with E-state index in [-0.39, 0.29) is 17.7 Å². The summed E-state index contributed by atoms with van der Waals surface area (Å²) in [5.74, 6) is 0.534. The van der Waals surface area contributed by atoms with Gasteiger partial charge in [0, 0.05) is 6.04 Å². The highest BCUT2D eigenvalue weighted by molar-refractivity contribution is 7.15. The molecule has 1 N–H and O–H groups in total. The van der Waals surface area contributed by atoms with E-state index < -0.39 is 0 Å². The Labute approximate surface area is 112 Å². The Kier molecular flexibility index (Phi) is 4.17. The summed E-state index contributed by atoms with van der Waals surface area (Å²) in [7, 11) is 0. The van der Waals surface area contributed by atoms with Crippen LogP contribution in [0.3, 0.4) is 0 Å². The van der Waals surface area contributed by atoms with Crippen LogP contribution in [-0.4, -0.2) is 17.7 Å². The van der Waals surface area contributed by atoms with Gasteiger partial charge in [-0.05, 0) is 37.8 Å². The Balaban J connectivity index is 2.00. The van der Waals surface area contributed by atoms with Crippen molar-refractivity contribution in [3.63, 3.8) is 0 Å². The molecule has 1 fully saturated rings. The van der Waals surface area contributed by atoms with E-state index in [9.17, 15) is 9.59 Å². The van der Waals surface area contributed by atoms with Gasteiger partial charge < -0.3 is 5.32 Å². The molecule has 1 saturated carbocycles. The van der Waals surface area contributed by atoms with E-state index in [0.29, 0.717) is 15.7 Å². The number of carbonyl (C=O) groups is 2. The first-order chi connectivity index (χ1) is 8.58. The van der Waals surface area contributed by atoms with Gasteiger partial charge in [0.15, 0.2) is 5.78 Å². The van der Waals surface area contributed by atoms with Gasteiger partial charge in [-0.1, -0.05) is 19.8 Å². The van der Waals surface area contributed by atoms with Gasteiger partial charge in [-0.25, -0.2) is 0 Å². The second-order valence-electron chi connectivity index (χ2n) is 5.06. The van der Waals surface area contributed by atoms with Crippen molar-refractivity contribution in [2.24, 2.45) is 5.92 Å². The number of nitrogens with one attached hydrogen (secondary N) is 1. The largest absolute Gasteiger partial charge is 0.348 e. The molecule has 1 heterocycles. The summed E-state index contributed by atoms with van der Waals surface area (Å²) in [6.45, 7) is 3.72. The maximum absolute atomic E-state index is 12.1. The van der Waals surface area contributed by atoms with Crippen molar-refractivity contribution < 1.29 is 9.59 Å². The predicted molar refractivity (Wildman–Crippen MR) is 73.2 cm³/mol. The summed E-state index contributed by atoms with van der Waals surface area (Å²) in [5, 5.41) is 3.10. The van der Waals surface area contributed by atoms with Gasteiger partial charge in [-0.3, -0.25) is 9.59 Å². The highest BCUT2D eigenvalue weighted by Gasteiger charge is 2.23. The fourth-order valence-corrected chi connectivity index (χ4v) is 3.22. The smallest absolute Gasteiger partial charge is 0.261 e. The van der Waals surface area contributed by atoms with Crippen molar-refractivity contribution in [3.8, 4) is 0 Å². The first-order valence-electron chi connectivity index (χ1n) is 6.49. The third-order valence-electron chi connectivity index (χ3n) is 3.60. The Morgan fingerprint density at radius 1 is 1.22 bits per heavy atom. The standard InChI is InChI=1S/C14H19NO2S/c1-9-5-3-4-6-11(9)15-14(17)13-8-7-12(18-13)10(2)16/h7-9,11H,3-6H2,1-2H3,(H,15,17)/t9-,11-/m1/s1. The average molecular weight is 265 g/mol. The molecule has 0 aliphatic heterocycles. The molecule has 2 atom stereocenters. The zero-order valence-electron chi connectivity index (χ0n) is 10.9. The maximum atomic E-state index is 12.1. The Morgan fingerprint density at radius 3 is 2.50 bits per heavy atom. The Morgan fingerprint density at radius 2 is 1.89 bits per heavy atom. The molecule has 1 aliphatic rings. The number of rotatable bonds is 3. The summed E-state index contributed by atoms with van der Waals surface area (Å²) < 4.78 is 0. The molecule has 0 unspecified atom stereocenters. The van der Waals surface area contributed by atoms with E-state index in [2.05, 4.69) is 12.2 Å². The monoisotopic (exact) mass is 265 g/mol. The lowest BCUT2D eigenvalue weighted by Gasteiger charge is -2.29. The summed E-state index contributed by atoms with van der Waals surface area (Å²) in [6.07, 6.45) is 4.71. The lowest BCUT2D eigenvalue weighted by atomic mass is 9.86. The van der Waals surface area contributed by atoms with Gasteiger partial charge in [-0.2, -0.15) is 0 Å². The highest BCUT2D eigenvalue weighted by Crippen LogP contribution is 2.24. The zero-order valence-corrected chi connectivity index (χ0v) is 11.7. The number of thiophene rings is 1. The molecule has 3 nitrogen and oxygen atoms in total. The third kappa shape index (κ3) is 2.99. The normalized spacial score (nSPS) is 23.7. The molecule has 0 aromatic carbocycles. The van der Waals surface area contributed by atoms with E-state index >= 15 is 0 Å². The van der Waals surface area contributed by atoms with Crippen LogP contribution in [0.4, 0.5) is 0 Å². The molecule has 18 heavy (non-hydrogen) atoms. The minimum absolute atomic E-state index is 0.0186. The molecule has 0 spiro atoms. The van der Waals surface area contributed by atoms with Gasteiger partial charge in [0.05, 0.1) is 9.75 Å². The molecule has 4 heteroatoms. The van der Waals surface area contributed by atoms with Crippen LogP contribution < -0.4 is 5.32 Å². The van der Waals surface area contributed by atoms with Gasteiger partial charge in [-0.15, -0.1) is 11.3 Å². The number of hydrogen-bond acceptors (Lipinski definition) is 3. The molecule has 1 aromatic heterocycles. The quantitative estimate of drug-likeness (QED) is 0.853. The molecule has 1 amide bonds. The van der Waals surface area contributed by atoms with Crippen LogP contribution in [0.15, 0.2) is 12.1 Å². The molecule has 0 bridgehead atoms. The molecule has 98 valence electrons. The first kappa shape index (κ1) is 13.3. The van der Waals surface area contributed by atoms with E-state index in [1.165, 1.54) is 37.5 Å². The topological polar surface area (TPSA) is 46.2 Å². The molecular weight excluding hydrogens is 246 g/mol. The van der Waals surface area contributed by atoms with E-state index in [1.807, 2.05) is 0 Å². The van der Waals surface area contributed by atoms with Crippen molar-refractivity contribution in [2.75, 3.05) is 0 Å². The van der Waals surface area contributed by atoms with Crippen LogP contribution in [0.5, 0.6) is 0 Å². The third-order valence-corrected chi connectivity index (χ3v) is 4.79. The number of carbonyl (C=O) groups excluding carboxylic acids is 2. The summed E-state index contributed by atoms with van der Waals surface area (Å²) in [6, 6.07) is 3.75. The van der Waals surface area contributed by atoms with Gasteiger partial charge in [0.25, 0.3) is 5.91 Å². The summed E-state index contributed by atoms with van der Waals surface area (Å²) in [5.41, 5.74) is 0. The van der Waals surface area contributed by atoms with Gasteiger partial charge >= 0.3 is 0 Å². The van der Waals surface area contributed by atoms with Crippen LogP contribution in [-0.2, 0) is 0 Å². The Hall–Kier alpha value is -1.16. The minimum atomic E-state index is -0.0359. The van der Waals surface area contributed by atoms with Gasteiger partial charge in [0.2, 0.25) is 0 Å². The van der Waals surface area contributed by atoms with E-state index in [0.717, 1.165) is 6.42 Å². The number of ketones is 1. The fraction of sp³-hybridized carbons (Fsp3) is 0.571. The van der Waals surface area contributed by atoms with E-state index in [4.69, 9.17) is 0 Å². The number of hydrogen-bond donors (Lipinski definition) is 1. The molecule has 1 aromatic rings. The van der Waals surface area contributed by atoms with Crippen LogP contribution >= 0.6 is 11.3 Å². The van der Waals surface area contributed by atoms with E-state index in [1.54, 1.807) is 12.1 Å². The van der Waals surface area contributed by atoms with Crippen molar-refractivity contribution >= 4 is 23.0 Å². The predicted octanol–water partition coefficient (Wildman–Crippen LogP) is 3.26. The summed E-state index contributed by atoms with van der Waals surface area (Å²) >= 11 is 1.28. The van der Waals surface area contributed by atoms with Crippen LogP contribution in [0.1, 0.15) is 58.9 Å². The molecule has 0 saturated heterocycles. The number of Topliss-reactive ketones (excluding diaryl/α,β-unsaturated/α-hetero) is 1. The van der Waals surface area contributed by atoms with Crippen LogP contribution in [0.2, 0.25) is 0 Å². The fourth-order valence-electron chi connectivity index (χ4n) is 2.42. The SMILES string of the molecule is CC(=O)c1ccc(C(=O)N[C@@H]2CCCC[C@H]2C)s1. The molecule has 1 aliphatic carbocycles. The Bertz CT molecular complexity index is 452. The van der Waals surface area contributed by atoms with Crippen LogP contribution in [0.25, 0.3) is 0 Å². The maximum Gasteiger partial charge on any atom is 0.261 e. The lowest BCUT2D eigenvalue weighted by molar-refractivity contribution is 0.0914. The average Bonchev–Trinajstić information content (AvgIpc) is 2.81. The first-order valence-corrected chi connectivity index (χ1v) is 7.31. The highest BCUT2D eigenvalue weighted by atomic mass is 32.1. The second kappa shape index (κ2) is 5.65. The van der Waals surface area contributed by atoms with Crippen molar-refractivity contribution in [1.82, 2.24) is 5.32 Å². The molecular formula is C14H19NO2S. The van der Waals surface area contributed by atoms with Crippen molar-refractivity contribution in [2.45, 2.75) is 45.6 Å². The zero-order chi connectivity index (χ0) is 13.1. The lowest BCUT2D eigenvalue weighted by Crippen LogP contribution is -2.40. The summed E-state index contributed by atoms with van der Waals surface area (Å²) in [4.78, 5) is 24.6. The minimum Gasteiger partial charge on any atom is -0.348 e. The molecule has 2 rings (SSSR count).